The number of halogens is 1. The Morgan fingerprint density at radius 3 is 2.41 bits per heavy atom. The number of rotatable bonds is 1. The Kier molecular flexibility index (Phi) is 3.20. The molecule has 0 N–H and O–H groups in total. The van der Waals surface area contributed by atoms with Gasteiger partial charge in [0, 0.05) is 22.6 Å². The lowest BCUT2D eigenvalue weighted by molar-refractivity contribution is 0.857. The largest absolute Gasteiger partial charge is 0.311 e. The number of pyridine rings is 1. The molecule has 3 heteroatoms. The summed E-state index contributed by atoms with van der Waals surface area (Å²) in [6.07, 6.45) is 0. The van der Waals surface area contributed by atoms with Crippen molar-refractivity contribution in [2.45, 2.75) is 13.8 Å². The third kappa shape index (κ3) is 2.20. The fourth-order valence-electron chi connectivity index (χ4n) is 1.95. The molecule has 2 rings (SSSR count). The number of hydrogen-bond acceptors (Lipinski definition) is 1. The van der Waals surface area contributed by atoms with Crippen molar-refractivity contribution in [3.63, 3.8) is 0 Å². The van der Waals surface area contributed by atoms with Crippen LogP contribution in [0.1, 0.15) is 11.1 Å². The molecular formula is C14H14BrNO. The zero-order chi connectivity index (χ0) is 12.6. The first kappa shape index (κ1) is 12.1. The van der Waals surface area contributed by atoms with Gasteiger partial charge in [-0.05, 0) is 37.6 Å². The molecule has 0 radical (unpaired) electrons. The molecule has 2 aromatic rings. The summed E-state index contributed by atoms with van der Waals surface area (Å²) in [4.78, 5) is 11.9. The Labute approximate surface area is 109 Å². The molecule has 0 bridgehead atoms. The lowest BCUT2D eigenvalue weighted by Crippen LogP contribution is -2.20. The molecule has 0 saturated carbocycles. The van der Waals surface area contributed by atoms with Crippen LogP contribution in [-0.2, 0) is 7.05 Å². The van der Waals surface area contributed by atoms with E-state index in [-0.39, 0.29) is 5.56 Å². The van der Waals surface area contributed by atoms with E-state index in [1.165, 1.54) is 0 Å². The average molecular weight is 292 g/mol. The number of aromatic nitrogens is 1. The van der Waals surface area contributed by atoms with Crippen molar-refractivity contribution in [2.24, 2.45) is 7.05 Å². The summed E-state index contributed by atoms with van der Waals surface area (Å²) in [7, 11) is 1.81. The van der Waals surface area contributed by atoms with Crippen molar-refractivity contribution >= 4 is 15.9 Å². The highest BCUT2D eigenvalue weighted by Crippen LogP contribution is 2.25. The molecule has 17 heavy (non-hydrogen) atoms. The standard InChI is InChI=1S/C14H14BrNO/c1-9-4-7-13(16(3)14(9)17)12-6-5-11(15)8-10(12)2/h4-8H,1-3H3. The van der Waals surface area contributed by atoms with Crippen molar-refractivity contribution in [1.82, 2.24) is 4.57 Å². The van der Waals surface area contributed by atoms with Crippen LogP contribution < -0.4 is 5.56 Å². The third-order valence-corrected chi connectivity index (χ3v) is 3.45. The van der Waals surface area contributed by atoms with Crippen molar-refractivity contribution in [3.8, 4) is 11.3 Å². The van der Waals surface area contributed by atoms with Crippen molar-refractivity contribution in [2.75, 3.05) is 0 Å². The maximum Gasteiger partial charge on any atom is 0.253 e. The van der Waals surface area contributed by atoms with E-state index in [0.29, 0.717) is 0 Å². The van der Waals surface area contributed by atoms with Crippen LogP contribution in [0, 0.1) is 13.8 Å². The van der Waals surface area contributed by atoms with E-state index in [2.05, 4.69) is 22.0 Å². The number of aryl methyl sites for hydroxylation is 2. The van der Waals surface area contributed by atoms with E-state index in [9.17, 15) is 4.79 Å². The molecule has 1 aromatic heterocycles. The first-order valence-corrected chi connectivity index (χ1v) is 6.23. The van der Waals surface area contributed by atoms with Gasteiger partial charge in [0.1, 0.15) is 0 Å². The third-order valence-electron chi connectivity index (χ3n) is 2.96. The summed E-state index contributed by atoms with van der Waals surface area (Å²) in [5, 5.41) is 0. The first-order valence-electron chi connectivity index (χ1n) is 5.44. The van der Waals surface area contributed by atoms with Gasteiger partial charge in [-0.25, -0.2) is 0 Å². The summed E-state index contributed by atoms with van der Waals surface area (Å²) in [6, 6.07) is 9.95. The Balaban J connectivity index is 2.69. The molecule has 0 unspecified atom stereocenters. The molecule has 0 amide bonds. The maximum atomic E-state index is 11.9. The van der Waals surface area contributed by atoms with Crippen LogP contribution in [0.5, 0.6) is 0 Å². The van der Waals surface area contributed by atoms with Gasteiger partial charge in [-0.2, -0.15) is 0 Å². The molecule has 0 aliphatic carbocycles. The number of hydrogen-bond donors (Lipinski definition) is 0. The molecule has 1 aromatic carbocycles. The second-order valence-electron chi connectivity index (χ2n) is 4.22. The minimum Gasteiger partial charge on any atom is -0.311 e. The highest BCUT2D eigenvalue weighted by Gasteiger charge is 2.07. The fraction of sp³-hybridized carbons (Fsp3) is 0.214. The van der Waals surface area contributed by atoms with Crippen LogP contribution in [0.3, 0.4) is 0 Å². The normalized spacial score (nSPS) is 10.6. The van der Waals surface area contributed by atoms with Crippen LogP contribution in [0.15, 0.2) is 39.6 Å². The lowest BCUT2D eigenvalue weighted by Gasteiger charge is -2.11. The summed E-state index contributed by atoms with van der Waals surface area (Å²) < 4.78 is 2.75. The van der Waals surface area contributed by atoms with Crippen LogP contribution in [-0.4, -0.2) is 4.57 Å². The van der Waals surface area contributed by atoms with Gasteiger partial charge in [0.2, 0.25) is 0 Å². The molecule has 0 aliphatic rings. The molecule has 0 fully saturated rings. The predicted octanol–water partition coefficient (Wildman–Crippen LogP) is 3.43. The van der Waals surface area contributed by atoms with Gasteiger partial charge in [0.25, 0.3) is 5.56 Å². The van der Waals surface area contributed by atoms with Crippen LogP contribution in [0.25, 0.3) is 11.3 Å². The van der Waals surface area contributed by atoms with Gasteiger partial charge in [0.15, 0.2) is 0 Å². The predicted molar refractivity (Wildman–Crippen MR) is 74.3 cm³/mol. The summed E-state index contributed by atoms with van der Waals surface area (Å²) in [5.74, 6) is 0. The Morgan fingerprint density at radius 2 is 1.76 bits per heavy atom. The Morgan fingerprint density at radius 1 is 1.06 bits per heavy atom. The maximum absolute atomic E-state index is 11.9. The van der Waals surface area contributed by atoms with Crippen LogP contribution in [0.2, 0.25) is 0 Å². The van der Waals surface area contributed by atoms with Crippen LogP contribution in [0.4, 0.5) is 0 Å². The molecule has 0 atom stereocenters. The number of nitrogens with zero attached hydrogens (tertiary/aromatic N) is 1. The smallest absolute Gasteiger partial charge is 0.253 e. The molecule has 1 heterocycles. The summed E-state index contributed by atoms with van der Waals surface area (Å²) >= 11 is 3.44. The van der Waals surface area contributed by atoms with E-state index < -0.39 is 0 Å². The van der Waals surface area contributed by atoms with Crippen molar-refractivity contribution in [1.29, 1.82) is 0 Å². The van der Waals surface area contributed by atoms with Gasteiger partial charge < -0.3 is 4.57 Å². The molecular weight excluding hydrogens is 278 g/mol. The zero-order valence-corrected chi connectivity index (χ0v) is 11.7. The monoisotopic (exact) mass is 291 g/mol. The average Bonchev–Trinajstić information content (AvgIpc) is 2.28. The molecule has 0 aliphatic heterocycles. The van der Waals surface area contributed by atoms with E-state index in [1.807, 2.05) is 45.2 Å². The highest BCUT2D eigenvalue weighted by atomic mass is 79.9. The van der Waals surface area contributed by atoms with Gasteiger partial charge in [-0.1, -0.05) is 28.1 Å². The molecule has 2 nitrogen and oxygen atoms in total. The van der Waals surface area contributed by atoms with Gasteiger partial charge >= 0.3 is 0 Å². The SMILES string of the molecule is Cc1cc(Br)ccc1-c1ccc(C)c(=O)n1C. The summed E-state index contributed by atoms with van der Waals surface area (Å²) in [6.45, 7) is 3.88. The van der Waals surface area contributed by atoms with Gasteiger partial charge in [-0.3, -0.25) is 4.79 Å². The summed E-state index contributed by atoms with van der Waals surface area (Å²) in [5.41, 5.74) is 4.02. The van der Waals surface area contributed by atoms with Gasteiger partial charge in [-0.15, -0.1) is 0 Å². The lowest BCUT2D eigenvalue weighted by atomic mass is 10.0. The zero-order valence-electron chi connectivity index (χ0n) is 10.1. The van der Waals surface area contributed by atoms with Crippen molar-refractivity contribution in [3.05, 3.63) is 56.3 Å². The number of benzene rings is 1. The van der Waals surface area contributed by atoms with Gasteiger partial charge in [0.05, 0.1) is 5.69 Å². The van der Waals surface area contributed by atoms with E-state index >= 15 is 0 Å². The van der Waals surface area contributed by atoms with E-state index in [0.717, 1.165) is 26.9 Å². The quantitative estimate of drug-likeness (QED) is 0.789. The molecule has 0 spiro atoms. The molecule has 88 valence electrons. The second kappa shape index (κ2) is 4.49. The topological polar surface area (TPSA) is 22.0 Å². The minimum absolute atomic E-state index is 0.0600. The Hall–Kier alpha value is -1.35. The fourth-order valence-corrected chi connectivity index (χ4v) is 2.42. The highest BCUT2D eigenvalue weighted by molar-refractivity contribution is 9.10. The Bertz CT molecular complexity index is 629. The van der Waals surface area contributed by atoms with E-state index in [4.69, 9.17) is 0 Å². The second-order valence-corrected chi connectivity index (χ2v) is 5.14. The van der Waals surface area contributed by atoms with Crippen molar-refractivity contribution < 1.29 is 0 Å². The first-order chi connectivity index (χ1) is 8.00. The van der Waals surface area contributed by atoms with Crippen LogP contribution >= 0.6 is 15.9 Å². The molecule has 0 saturated heterocycles. The van der Waals surface area contributed by atoms with E-state index in [1.54, 1.807) is 4.57 Å². The minimum atomic E-state index is 0.0600.